The Hall–Kier alpha value is -0.570. The van der Waals surface area contributed by atoms with Crippen molar-refractivity contribution in [3.63, 3.8) is 0 Å². The van der Waals surface area contributed by atoms with Crippen molar-refractivity contribution in [3.8, 4) is 0 Å². The number of carbonyl (C=O) groups is 1. The van der Waals surface area contributed by atoms with Crippen molar-refractivity contribution in [2.75, 3.05) is 19.6 Å². The van der Waals surface area contributed by atoms with Gasteiger partial charge in [0.2, 0.25) is 5.91 Å². The summed E-state index contributed by atoms with van der Waals surface area (Å²) in [5.74, 6) is 0.255. The first-order chi connectivity index (χ1) is 7.69. The minimum atomic E-state index is -0.0942. The van der Waals surface area contributed by atoms with E-state index in [1.165, 1.54) is 19.3 Å². The highest BCUT2D eigenvalue weighted by molar-refractivity contribution is 5.82. The zero-order valence-electron chi connectivity index (χ0n) is 10.8. The van der Waals surface area contributed by atoms with Crippen molar-refractivity contribution in [1.29, 1.82) is 0 Å². The van der Waals surface area contributed by atoms with Crippen LogP contribution in [0, 0.1) is 5.41 Å². The van der Waals surface area contributed by atoms with Crippen molar-refractivity contribution in [2.24, 2.45) is 5.41 Å². The summed E-state index contributed by atoms with van der Waals surface area (Å²) in [7, 11) is 0. The van der Waals surface area contributed by atoms with Gasteiger partial charge in [-0.25, -0.2) is 0 Å². The molecule has 3 nitrogen and oxygen atoms in total. The maximum atomic E-state index is 12.0. The van der Waals surface area contributed by atoms with Crippen LogP contribution in [0.3, 0.4) is 0 Å². The maximum Gasteiger partial charge on any atom is 0.225 e. The Labute approximate surface area is 99.4 Å². The Balaban J connectivity index is 2.18. The summed E-state index contributed by atoms with van der Waals surface area (Å²) in [5.41, 5.74) is -0.0942. The molecule has 0 heterocycles. The summed E-state index contributed by atoms with van der Waals surface area (Å²) < 4.78 is 0. The van der Waals surface area contributed by atoms with Crippen LogP contribution in [0.1, 0.15) is 52.4 Å². The molecule has 0 atom stereocenters. The van der Waals surface area contributed by atoms with Crippen molar-refractivity contribution >= 4 is 5.91 Å². The first-order valence-electron chi connectivity index (χ1n) is 6.68. The van der Waals surface area contributed by atoms with E-state index in [1.54, 1.807) is 0 Å². The summed E-state index contributed by atoms with van der Waals surface area (Å²) in [6.07, 6.45) is 6.96. The molecule has 94 valence electrons. The molecule has 16 heavy (non-hydrogen) atoms. The topological polar surface area (TPSA) is 41.1 Å². The van der Waals surface area contributed by atoms with E-state index < -0.39 is 0 Å². The average Bonchev–Trinajstić information content (AvgIpc) is 2.29. The average molecular weight is 226 g/mol. The van der Waals surface area contributed by atoms with Crippen LogP contribution < -0.4 is 10.6 Å². The van der Waals surface area contributed by atoms with Crippen LogP contribution in [0.25, 0.3) is 0 Å². The lowest BCUT2D eigenvalue weighted by molar-refractivity contribution is -0.131. The van der Waals surface area contributed by atoms with Crippen LogP contribution in [-0.2, 0) is 4.79 Å². The third-order valence-electron chi connectivity index (χ3n) is 3.52. The van der Waals surface area contributed by atoms with Crippen molar-refractivity contribution in [1.82, 2.24) is 10.6 Å². The molecule has 1 saturated carbocycles. The lowest BCUT2D eigenvalue weighted by Crippen LogP contribution is -2.42. The predicted molar refractivity (Wildman–Crippen MR) is 67.4 cm³/mol. The molecule has 0 spiro atoms. The molecular formula is C13H26N2O. The highest BCUT2D eigenvalue weighted by Gasteiger charge is 2.33. The molecular weight excluding hydrogens is 200 g/mol. The highest BCUT2D eigenvalue weighted by atomic mass is 16.2. The van der Waals surface area contributed by atoms with Gasteiger partial charge in [0.05, 0.1) is 0 Å². The molecule has 1 aliphatic rings. The van der Waals surface area contributed by atoms with Crippen LogP contribution in [0.5, 0.6) is 0 Å². The van der Waals surface area contributed by atoms with Gasteiger partial charge in [0, 0.05) is 18.5 Å². The molecule has 1 amide bonds. The predicted octanol–water partition coefficient (Wildman–Crippen LogP) is 2.07. The molecule has 0 bridgehead atoms. The second-order valence-electron chi connectivity index (χ2n) is 5.13. The lowest BCUT2D eigenvalue weighted by atomic mass is 9.75. The van der Waals surface area contributed by atoms with Gasteiger partial charge < -0.3 is 10.6 Å². The van der Waals surface area contributed by atoms with Gasteiger partial charge >= 0.3 is 0 Å². The fourth-order valence-electron chi connectivity index (χ4n) is 2.34. The van der Waals surface area contributed by atoms with Gasteiger partial charge in [0.25, 0.3) is 0 Å². The second-order valence-corrected chi connectivity index (χ2v) is 5.13. The molecule has 3 heteroatoms. The zero-order valence-corrected chi connectivity index (χ0v) is 10.8. The van der Waals surface area contributed by atoms with Gasteiger partial charge in [-0.15, -0.1) is 0 Å². The Morgan fingerprint density at radius 3 is 2.44 bits per heavy atom. The zero-order chi connectivity index (χ0) is 11.9. The Morgan fingerprint density at radius 1 is 1.12 bits per heavy atom. The number of amides is 1. The molecule has 1 fully saturated rings. The third kappa shape index (κ3) is 4.12. The van der Waals surface area contributed by atoms with E-state index in [2.05, 4.69) is 24.5 Å². The largest absolute Gasteiger partial charge is 0.354 e. The number of hydrogen-bond acceptors (Lipinski definition) is 2. The van der Waals surface area contributed by atoms with E-state index in [0.717, 1.165) is 38.9 Å². The Kier molecular flexibility index (Phi) is 5.81. The SMILES string of the molecule is CCCNCCNC(=O)C1(C)CCCCC1. The highest BCUT2D eigenvalue weighted by Crippen LogP contribution is 2.35. The molecule has 0 saturated heterocycles. The molecule has 1 rings (SSSR count). The molecule has 0 aromatic rings. The fourth-order valence-corrected chi connectivity index (χ4v) is 2.34. The van der Waals surface area contributed by atoms with Crippen LogP contribution in [0.2, 0.25) is 0 Å². The van der Waals surface area contributed by atoms with Gasteiger partial charge in [-0.3, -0.25) is 4.79 Å². The van der Waals surface area contributed by atoms with E-state index in [9.17, 15) is 4.79 Å². The van der Waals surface area contributed by atoms with Crippen molar-refractivity contribution in [2.45, 2.75) is 52.4 Å². The number of hydrogen-bond donors (Lipinski definition) is 2. The van der Waals surface area contributed by atoms with E-state index in [1.807, 2.05) is 0 Å². The molecule has 1 aliphatic carbocycles. The van der Waals surface area contributed by atoms with Crippen LogP contribution >= 0.6 is 0 Å². The van der Waals surface area contributed by atoms with Gasteiger partial charge in [-0.05, 0) is 25.8 Å². The Morgan fingerprint density at radius 2 is 1.81 bits per heavy atom. The monoisotopic (exact) mass is 226 g/mol. The second kappa shape index (κ2) is 6.89. The van der Waals surface area contributed by atoms with Crippen LogP contribution in [0.15, 0.2) is 0 Å². The molecule has 0 aliphatic heterocycles. The first-order valence-corrected chi connectivity index (χ1v) is 6.68. The normalized spacial score (nSPS) is 19.4. The summed E-state index contributed by atoms with van der Waals surface area (Å²) in [6.45, 7) is 6.94. The van der Waals surface area contributed by atoms with E-state index in [4.69, 9.17) is 0 Å². The van der Waals surface area contributed by atoms with E-state index >= 15 is 0 Å². The van der Waals surface area contributed by atoms with E-state index in [0.29, 0.717) is 0 Å². The molecule has 0 aromatic heterocycles. The Bertz CT molecular complexity index is 210. The van der Waals surface area contributed by atoms with Gasteiger partial charge in [-0.2, -0.15) is 0 Å². The van der Waals surface area contributed by atoms with Crippen LogP contribution in [0.4, 0.5) is 0 Å². The van der Waals surface area contributed by atoms with Crippen LogP contribution in [-0.4, -0.2) is 25.5 Å². The van der Waals surface area contributed by atoms with E-state index in [-0.39, 0.29) is 11.3 Å². The van der Waals surface area contributed by atoms with Crippen molar-refractivity contribution in [3.05, 3.63) is 0 Å². The minimum Gasteiger partial charge on any atom is -0.354 e. The standard InChI is InChI=1S/C13H26N2O/c1-3-9-14-10-11-15-12(16)13(2)7-5-4-6-8-13/h14H,3-11H2,1-2H3,(H,15,16). The summed E-state index contributed by atoms with van der Waals surface area (Å²) in [5, 5.41) is 6.34. The van der Waals surface area contributed by atoms with Gasteiger partial charge in [0.1, 0.15) is 0 Å². The smallest absolute Gasteiger partial charge is 0.225 e. The summed E-state index contributed by atoms with van der Waals surface area (Å²) >= 11 is 0. The number of nitrogens with one attached hydrogen (secondary N) is 2. The van der Waals surface area contributed by atoms with Crippen molar-refractivity contribution < 1.29 is 4.79 Å². The quantitative estimate of drug-likeness (QED) is 0.681. The fraction of sp³-hybridized carbons (Fsp3) is 0.923. The van der Waals surface area contributed by atoms with Gasteiger partial charge in [-0.1, -0.05) is 33.1 Å². The number of rotatable bonds is 6. The molecule has 0 unspecified atom stereocenters. The first kappa shape index (κ1) is 13.5. The van der Waals surface area contributed by atoms with Gasteiger partial charge in [0.15, 0.2) is 0 Å². The third-order valence-corrected chi connectivity index (χ3v) is 3.52. The molecule has 2 N–H and O–H groups in total. The molecule has 0 aromatic carbocycles. The summed E-state index contributed by atoms with van der Waals surface area (Å²) in [4.78, 5) is 12.0. The molecule has 0 radical (unpaired) electrons. The maximum absolute atomic E-state index is 12.0. The minimum absolute atomic E-state index is 0.0942. The number of carbonyl (C=O) groups excluding carboxylic acids is 1. The summed E-state index contributed by atoms with van der Waals surface area (Å²) in [6, 6.07) is 0. The lowest BCUT2D eigenvalue weighted by Gasteiger charge is -2.32.